The van der Waals surface area contributed by atoms with Crippen LogP contribution in [0.1, 0.15) is 18.9 Å². The highest BCUT2D eigenvalue weighted by atomic mass is 15.3. The SMILES string of the molecule is CCCNc1cc(N2CCN(c3cccc(C)c3)CC2)ncn1. The van der Waals surface area contributed by atoms with Crippen molar-refractivity contribution in [1.29, 1.82) is 0 Å². The average Bonchev–Trinajstić information content (AvgIpc) is 2.60. The summed E-state index contributed by atoms with van der Waals surface area (Å²) in [5, 5.41) is 3.33. The van der Waals surface area contributed by atoms with Gasteiger partial charge in [-0.15, -0.1) is 0 Å². The lowest BCUT2D eigenvalue weighted by molar-refractivity contribution is 0.646. The first-order valence-corrected chi connectivity index (χ1v) is 8.39. The minimum absolute atomic E-state index is 0.915. The average molecular weight is 311 g/mol. The van der Waals surface area contributed by atoms with Gasteiger partial charge >= 0.3 is 0 Å². The van der Waals surface area contributed by atoms with Crippen molar-refractivity contribution in [3.8, 4) is 0 Å². The van der Waals surface area contributed by atoms with Gasteiger partial charge in [-0.2, -0.15) is 0 Å². The minimum atomic E-state index is 0.915. The summed E-state index contributed by atoms with van der Waals surface area (Å²) in [6.45, 7) is 9.25. The van der Waals surface area contributed by atoms with E-state index in [0.717, 1.165) is 50.8 Å². The maximum absolute atomic E-state index is 4.44. The third kappa shape index (κ3) is 3.92. The van der Waals surface area contributed by atoms with Crippen LogP contribution in [0.4, 0.5) is 17.3 Å². The predicted octanol–water partition coefficient (Wildman–Crippen LogP) is 2.93. The van der Waals surface area contributed by atoms with Crippen LogP contribution < -0.4 is 15.1 Å². The molecular formula is C18H25N5. The number of rotatable bonds is 5. The monoisotopic (exact) mass is 311 g/mol. The third-order valence-electron chi connectivity index (χ3n) is 4.18. The summed E-state index contributed by atoms with van der Waals surface area (Å²) in [5.74, 6) is 1.93. The number of piperazine rings is 1. The fourth-order valence-electron chi connectivity index (χ4n) is 2.89. The highest BCUT2D eigenvalue weighted by molar-refractivity contribution is 5.53. The van der Waals surface area contributed by atoms with Crippen LogP contribution in [0.25, 0.3) is 0 Å². The second-order valence-corrected chi connectivity index (χ2v) is 6.00. The van der Waals surface area contributed by atoms with E-state index in [1.165, 1.54) is 11.3 Å². The molecule has 0 spiro atoms. The smallest absolute Gasteiger partial charge is 0.134 e. The molecule has 1 aliphatic rings. The van der Waals surface area contributed by atoms with Crippen molar-refractivity contribution in [2.24, 2.45) is 0 Å². The molecule has 1 saturated heterocycles. The maximum atomic E-state index is 4.44. The van der Waals surface area contributed by atoms with Crippen molar-refractivity contribution in [2.45, 2.75) is 20.3 Å². The number of hydrogen-bond donors (Lipinski definition) is 1. The number of aryl methyl sites for hydroxylation is 1. The van der Waals surface area contributed by atoms with Crippen LogP contribution in [0, 0.1) is 6.92 Å². The second-order valence-electron chi connectivity index (χ2n) is 6.00. The van der Waals surface area contributed by atoms with Gasteiger partial charge in [0.15, 0.2) is 0 Å². The number of aromatic nitrogens is 2. The molecule has 1 N–H and O–H groups in total. The van der Waals surface area contributed by atoms with E-state index in [-0.39, 0.29) is 0 Å². The van der Waals surface area contributed by atoms with Gasteiger partial charge in [0, 0.05) is 44.5 Å². The summed E-state index contributed by atoms with van der Waals surface area (Å²) in [5.41, 5.74) is 2.63. The predicted molar refractivity (Wildman–Crippen MR) is 96.4 cm³/mol. The van der Waals surface area contributed by atoms with Crippen molar-refractivity contribution in [2.75, 3.05) is 47.8 Å². The highest BCUT2D eigenvalue weighted by Crippen LogP contribution is 2.21. The van der Waals surface area contributed by atoms with Gasteiger partial charge in [-0.25, -0.2) is 9.97 Å². The van der Waals surface area contributed by atoms with E-state index in [1.807, 2.05) is 0 Å². The molecule has 122 valence electrons. The first kappa shape index (κ1) is 15.6. The molecule has 23 heavy (non-hydrogen) atoms. The zero-order valence-corrected chi connectivity index (χ0v) is 14.0. The standard InChI is InChI=1S/C18H25N5/c1-3-7-19-17-13-18(21-14-20-17)23-10-8-22(9-11-23)16-6-4-5-15(2)12-16/h4-6,12-14H,3,7-11H2,1-2H3,(H,19,20,21). The molecule has 1 fully saturated rings. The van der Waals surface area contributed by atoms with Crippen molar-refractivity contribution in [1.82, 2.24) is 9.97 Å². The molecule has 1 aromatic heterocycles. The fourth-order valence-corrected chi connectivity index (χ4v) is 2.89. The molecular weight excluding hydrogens is 286 g/mol. The molecule has 0 amide bonds. The summed E-state index contributed by atoms with van der Waals surface area (Å²) < 4.78 is 0. The Bertz CT molecular complexity index is 635. The molecule has 0 aliphatic carbocycles. The van der Waals surface area contributed by atoms with Gasteiger partial charge in [-0.05, 0) is 31.0 Å². The molecule has 2 aromatic rings. The topological polar surface area (TPSA) is 44.3 Å². The van der Waals surface area contributed by atoms with Gasteiger partial charge in [0.25, 0.3) is 0 Å². The van der Waals surface area contributed by atoms with Gasteiger partial charge in [-0.1, -0.05) is 19.1 Å². The van der Waals surface area contributed by atoms with Crippen LogP contribution >= 0.6 is 0 Å². The Hall–Kier alpha value is -2.30. The Morgan fingerprint density at radius 3 is 2.57 bits per heavy atom. The Balaban J connectivity index is 1.62. The Morgan fingerprint density at radius 1 is 1.04 bits per heavy atom. The van der Waals surface area contributed by atoms with Gasteiger partial charge < -0.3 is 15.1 Å². The van der Waals surface area contributed by atoms with E-state index in [4.69, 9.17) is 0 Å². The number of hydrogen-bond acceptors (Lipinski definition) is 5. The summed E-state index contributed by atoms with van der Waals surface area (Å²) in [6.07, 6.45) is 2.74. The van der Waals surface area contributed by atoms with Gasteiger partial charge in [-0.3, -0.25) is 0 Å². The number of nitrogens with one attached hydrogen (secondary N) is 1. The quantitative estimate of drug-likeness (QED) is 0.920. The van der Waals surface area contributed by atoms with Gasteiger partial charge in [0.2, 0.25) is 0 Å². The third-order valence-corrected chi connectivity index (χ3v) is 4.18. The first-order chi connectivity index (χ1) is 11.3. The van der Waals surface area contributed by atoms with Crippen molar-refractivity contribution >= 4 is 17.3 Å². The highest BCUT2D eigenvalue weighted by Gasteiger charge is 2.18. The summed E-state index contributed by atoms with van der Waals surface area (Å²) >= 11 is 0. The van der Waals surface area contributed by atoms with E-state index in [0.29, 0.717) is 0 Å². The molecule has 2 heterocycles. The molecule has 0 radical (unpaired) electrons. The minimum Gasteiger partial charge on any atom is -0.370 e. The molecule has 1 aliphatic heterocycles. The van der Waals surface area contributed by atoms with Crippen LogP contribution in [0.5, 0.6) is 0 Å². The number of anilines is 3. The van der Waals surface area contributed by atoms with Crippen LogP contribution in [0.2, 0.25) is 0 Å². The van der Waals surface area contributed by atoms with E-state index in [2.05, 4.69) is 69.3 Å². The number of benzene rings is 1. The van der Waals surface area contributed by atoms with E-state index >= 15 is 0 Å². The molecule has 5 nitrogen and oxygen atoms in total. The first-order valence-electron chi connectivity index (χ1n) is 8.39. The van der Waals surface area contributed by atoms with Crippen LogP contribution in [-0.4, -0.2) is 42.7 Å². The van der Waals surface area contributed by atoms with E-state index < -0.39 is 0 Å². The van der Waals surface area contributed by atoms with Gasteiger partial charge in [0.1, 0.15) is 18.0 Å². The van der Waals surface area contributed by atoms with E-state index in [9.17, 15) is 0 Å². The Labute approximate surface area is 138 Å². The molecule has 0 bridgehead atoms. The zero-order valence-electron chi connectivity index (χ0n) is 14.0. The van der Waals surface area contributed by atoms with E-state index in [1.54, 1.807) is 6.33 Å². The normalized spacial score (nSPS) is 14.9. The molecule has 1 aromatic carbocycles. The Morgan fingerprint density at radius 2 is 1.83 bits per heavy atom. The largest absolute Gasteiger partial charge is 0.370 e. The van der Waals surface area contributed by atoms with Crippen molar-refractivity contribution in [3.63, 3.8) is 0 Å². The molecule has 3 rings (SSSR count). The lowest BCUT2D eigenvalue weighted by atomic mass is 10.2. The molecule has 0 unspecified atom stereocenters. The van der Waals surface area contributed by atoms with Crippen molar-refractivity contribution in [3.05, 3.63) is 42.2 Å². The fraction of sp³-hybridized carbons (Fsp3) is 0.444. The van der Waals surface area contributed by atoms with Crippen LogP contribution in [-0.2, 0) is 0 Å². The summed E-state index contributed by atoms with van der Waals surface area (Å²) in [4.78, 5) is 13.5. The number of nitrogens with zero attached hydrogens (tertiary/aromatic N) is 4. The molecule has 0 saturated carbocycles. The summed E-state index contributed by atoms with van der Waals surface area (Å²) in [6, 6.07) is 10.8. The molecule has 5 heteroatoms. The second kappa shape index (κ2) is 7.31. The van der Waals surface area contributed by atoms with Crippen LogP contribution in [0.3, 0.4) is 0 Å². The Kier molecular flexibility index (Phi) is 4.95. The zero-order chi connectivity index (χ0) is 16.1. The van der Waals surface area contributed by atoms with Crippen LogP contribution in [0.15, 0.2) is 36.7 Å². The lowest BCUT2D eigenvalue weighted by Crippen LogP contribution is -2.46. The van der Waals surface area contributed by atoms with Gasteiger partial charge in [0.05, 0.1) is 0 Å². The van der Waals surface area contributed by atoms with Crippen molar-refractivity contribution < 1.29 is 0 Å². The summed E-state index contributed by atoms with van der Waals surface area (Å²) in [7, 11) is 0. The maximum Gasteiger partial charge on any atom is 0.134 e. The molecule has 0 atom stereocenters. The lowest BCUT2D eigenvalue weighted by Gasteiger charge is -2.36.